The number of H-pyrrole nitrogens is 1. The second-order valence-electron chi connectivity index (χ2n) is 6.17. The van der Waals surface area contributed by atoms with E-state index in [0.717, 1.165) is 43.0 Å². The van der Waals surface area contributed by atoms with Crippen molar-refractivity contribution in [3.63, 3.8) is 0 Å². The van der Waals surface area contributed by atoms with Gasteiger partial charge in [0.1, 0.15) is 0 Å². The van der Waals surface area contributed by atoms with Crippen molar-refractivity contribution in [1.29, 1.82) is 0 Å². The normalized spacial score (nSPS) is 27.0. The molecule has 110 valence electrons. The summed E-state index contributed by atoms with van der Waals surface area (Å²) in [6.45, 7) is 6.73. The van der Waals surface area contributed by atoms with Crippen molar-refractivity contribution in [1.82, 2.24) is 20.4 Å². The molecule has 0 bridgehead atoms. The number of aromatic nitrogens is 2. The molecule has 0 spiro atoms. The number of nitrogens with one attached hydrogen (secondary N) is 2. The quantitative estimate of drug-likeness (QED) is 0.863. The minimum Gasteiger partial charge on any atom is -0.338 e. The van der Waals surface area contributed by atoms with Crippen LogP contribution in [0.25, 0.3) is 0 Å². The molecule has 2 saturated heterocycles. The fourth-order valence-corrected chi connectivity index (χ4v) is 3.66. The van der Waals surface area contributed by atoms with Gasteiger partial charge in [0.05, 0.1) is 11.3 Å². The maximum Gasteiger partial charge on any atom is 0.257 e. The highest BCUT2D eigenvalue weighted by Crippen LogP contribution is 2.26. The van der Waals surface area contributed by atoms with Crippen LogP contribution in [0.4, 0.5) is 0 Å². The number of carbonyl (C=O) groups excluding carboxylic acids is 1. The molecule has 5 nitrogen and oxygen atoms in total. The van der Waals surface area contributed by atoms with Gasteiger partial charge in [-0.3, -0.25) is 9.89 Å². The van der Waals surface area contributed by atoms with E-state index in [4.69, 9.17) is 0 Å². The summed E-state index contributed by atoms with van der Waals surface area (Å²) in [6.07, 6.45) is 4.89. The van der Waals surface area contributed by atoms with Crippen LogP contribution in [0.2, 0.25) is 0 Å². The standard InChI is InChI=1S/C15H24N4O/c1-10-14(11(2)18-17-10)15(20)19-8-4-5-12(9-19)13-6-3-7-16-13/h12-13,16H,3-9H2,1-2H3,(H,17,18). The first-order valence-corrected chi connectivity index (χ1v) is 7.71. The summed E-state index contributed by atoms with van der Waals surface area (Å²) in [4.78, 5) is 14.7. The fourth-order valence-electron chi connectivity index (χ4n) is 3.66. The molecule has 2 atom stereocenters. The largest absolute Gasteiger partial charge is 0.338 e. The molecule has 1 aromatic rings. The van der Waals surface area contributed by atoms with E-state index in [1.54, 1.807) is 0 Å². The van der Waals surface area contributed by atoms with Gasteiger partial charge in [0.2, 0.25) is 0 Å². The van der Waals surface area contributed by atoms with E-state index < -0.39 is 0 Å². The molecule has 0 aliphatic carbocycles. The molecule has 2 fully saturated rings. The molecule has 3 heterocycles. The first kappa shape index (κ1) is 13.6. The monoisotopic (exact) mass is 276 g/mol. The molecule has 0 saturated carbocycles. The summed E-state index contributed by atoms with van der Waals surface area (Å²) in [6, 6.07) is 0.608. The van der Waals surface area contributed by atoms with Gasteiger partial charge in [-0.15, -0.1) is 0 Å². The predicted molar refractivity (Wildman–Crippen MR) is 77.7 cm³/mol. The van der Waals surface area contributed by atoms with Gasteiger partial charge < -0.3 is 10.2 Å². The third-order valence-electron chi connectivity index (χ3n) is 4.75. The molecule has 0 aromatic carbocycles. The molecule has 2 aliphatic rings. The summed E-state index contributed by atoms with van der Waals surface area (Å²) < 4.78 is 0. The highest BCUT2D eigenvalue weighted by Gasteiger charge is 2.32. The Morgan fingerprint density at radius 1 is 1.30 bits per heavy atom. The van der Waals surface area contributed by atoms with Gasteiger partial charge in [-0.1, -0.05) is 0 Å². The van der Waals surface area contributed by atoms with Crippen LogP contribution in [0.1, 0.15) is 47.4 Å². The van der Waals surface area contributed by atoms with E-state index in [1.165, 1.54) is 19.3 Å². The van der Waals surface area contributed by atoms with E-state index in [0.29, 0.717) is 12.0 Å². The Morgan fingerprint density at radius 2 is 2.15 bits per heavy atom. The highest BCUT2D eigenvalue weighted by atomic mass is 16.2. The maximum absolute atomic E-state index is 12.7. The smallest absolute Gasteiger partial charge is 0.257 e. The van der Waals surface area contributed by atoms with Crippen LogP contribution >= 0.6 is 0 Å². The number of amides is 1. The molecule has 2 unspecified atom stereocenters. The van der Waals surface area contributed by atoms with Crippen molar-refractivity contribution < 1.29 is 4.79 Å². The van der Waals surface area contributed by atoms with Gasteiger partial charge in [0.25, 0.3) is 5.91 Å². The van der Waals surface area contributed by atoms with E-state index in [9.17, 15) is 4.79 Å². The predicted octanol–water partition coefficient (Wildman–Crippen LogP) is 1.63. The molecule has 1 amide bonds. The Bertz CT molecular complexity index is 471. The Hall–Kier alpha value is -1.36. The van der Waals surface area contributed by atoms with Crippen LogP contribution in [0.5, 0.6) is 0 Å². The summed E-state index contributed by atoms with van der Waals surface area (Å²) in [5, 5.41) is 10.6. The van der Waals surface area contributed by atoms with Crippen LogP contribution in [0.15, 0.2) is 0 Å². The minimum absolute atomic E-state index is 0.149. The van der Waals surface area contributed by atoms with Gasteiger partial charge >= 0.3 is 0 Å². The number of aromatic amines is 1. The lowest BCUT2D eigenvalue weighted by Gasteiger charge is -2.36. The number of carbonyl (C=O) groups is 1. The number of aryl methyl sites for hydroxylation is 2. The molecule has 2 aliphatic heterocycles. The number of likely N-dealkylation sites (tertiary alicyclic amines) is 1. The van der Waals surface area contributed by atoms with E-state index >= 15 is 0 Å². The second kappa shape index (κ2) is 5.56. The van der Waals surface area contributed by atoms with Crippen LogP contribution in [0, 0.1) is 19.8 Å². The minimum atomic E-state index is 0.149. The molecule has 2 N–H and O–H groups in total. The molecule has 1 aromatic heterocycles. The van der Waals surface area contributed by atoms with Gasteiger partial charge in [0.15, 0.2) is 0 Å². The van der Waals surface area contributed by atoms with Gasteiger partial charge in [-0.2, -0.15) is 5.10 Å². The van der Waals surface area contributed by atoms with Crippen molar-refractivity contribution in [3.8, 4) is 0 Å². The van der Waals surface area contributed by atoms with Gasteiger partial charge in [0, 0.05) is 24.8 Å². The maximum atomic E-state index is 12.7. The van der Waals surface area contributed by atoms with Crippen LogP contribution in [-0.2, 0) is 0 Å². The summed E-state index contributed by atoms with van der Waals surface area (Å²) in [5.41, 5.74) is 2.47. The Morgan fingerprint density at radius 3 is 2.80 bits per heavy atom. The Balaban J connectivity index is 1.71. The van der Waals surface area contributed by atoms with E-state index in [2.05, 4.69) is 15.5 Å². The third kappa shape index (κ3) is 2.46. The van der Waals surface area contributed by atoms with Crippen molar-refractivity contribution in [2.24, 2.45) is 5.92 Å². The highest BCUT2D eigenvalue weighted by molar-refractivity contribution is 5.96. The lowest BCUT2D eigenvalue weighted by atomic mass is 9.89. The number of nitrogens with zero attached hydrogens (tertiary/aromatic N) is 2. The number of rotatable bonds is 2. The first-order valence-electron chi connectivity index (χ1n) is 7.71. The average Bonchev–Trinajstić information content (AvgIpc) is 3.09. The average molecular weight is 276 g/mol. The molecule has 20 heavy (non-hydrogen) atoms. The number of hydrogen-bond donors (Lipinski definition) is 2. The van der Waals surface area contributed by atoms with Crippen LogP contribution < -0.4 is 5.32 Å². The number of hydrogen-bond acceptors (Lipinski definition) is 3. The third-order valence-corrected chi connectivity index (χ3v) is 4.75. The molecule has 5 heteroatoms. The lowest BCUT2D eigenvalue weighted by molar-refractivity contribution is 0.0649. The zero-order valence-corrected chi connectivity index (χ0v) is 12.4. The van der Waals surface area contributed by atoms with Crippen molar-refractivity contribution in [3.05, 3.63) is 17.0 Å². The molecule has 3 rings (SSSR count). The van der Waals surface area contributed by atoms with Crippen LogP contribution in [-0.4, -0.2) is 46.7 Å². The Kier molecular flexibility index (Phi) is 3.78. The Labute approximate surface area is 120 Å². The molecular weight excluding hydrogens is 252 g/mol. The van der Waals surface area contributed by atoms with Crippen LogP contribution in [0.3, 0.4) is 0 Å². The van der Waals surface area contributed by atoms with E-state index in [-0.39, 0.29) is 5.91 Å². The van der Waals surface area contributed by atoms with Gasteiger partial charge in [-0.05, 0) is 52.0 Å². The number of piperidine rings is 1. The zero-order valence-electron chi connectivity index (χ0n) is 12.4. The molecular formula is C15H24N4O. The zero-order chi connectivity index (χ0) is 14.1. The summed E-state index contributed by atoms with van der Waals surface area (Å²) in [5.74, 6) is 0.763. The summed E-state index contributed by atoms with van der Waals surface area (Å²) in [7, 11) is 0. The lowest BCUT2D eigenvalue weighted by Crippen LogP contribution is -2.46. The SMILES string of the molecule is Cc1n[nH]c(C)c1C(=O)N1CCCC(C2CCCN2)C1. The van der Waals surface area contributed by atoms with Crippen molar-refractivity contribution in [2.45, 2.75) is 45.6 Å². The molecule has 0 radical (unpaired) electrons. The topological polar surface area (TPSA) is 61.0 Å². The van der Waals surface area contributed by atoms with Crippen molar-refractivity contribution in [2.75, 3.05) is 19.6 Å². The van der Waals surface area contributed by atoms with Crippen molar-refractivity contribution >= 4 is 5.91 Å². The fraction of sp³-hybridized carbons (Fsp3) is 0.733. The van der Waals surface area contributed by atoms with E-state index in [1.807, 2.05) is 18.7 Å². The summed E-state index contributed by atoms with van der Waals surface area (Å²) >= 11 is 0. The second-order valence-corrected chi connectivity index (χ2v) is 6.17. The first-order chi connectivity index (χ1) is 9.66. The van der Waals surface area contributed by atoms with Gasteiger partial charge in [-0.25, -0.2) is 0 Å².